The van der Waals surface area contributed by atoms with Gasteiger partial charge in [0, 0.05) is 31.8 Å². The highest BCUT2D eigenvalue weighted by Crippen LogP contribution is 2.40. The van der Waals surface area contributed by atoms with Crippen LogP contribution < -0.4 is 4.74 Å². The Morgan fingerprint density at radius 1 is 1.00 bits per heavy atom. The maximum absolute atomic E-state index is 13.5. The van der Waals surface area contributed by atoms with Gasteiger partial charge in [0.05, 0.1) is 15.0 Å². The molecule has 0 spiro atoms. The Morgan fingerprint density at radius 3 is 2.42 bits per heavy atom. The fraction of sp³-hybridized carbons (Fsp3) is 0.182. The molecule has 0 aliphatic carbocycles. The van der Waals surface area contributed by atoms with Crippen molar-refractivity contribution in [2.24, 2.45) is 0 Å². The third-order valence-electron chi connectivity index (χ3n) is 5.07. The molecule has 3 aromatic rings. The van der Waals surface area contributed by atoms with Crippen molar-refractivity contribution in [3.63, 3.8) is 0 Å². The van der Waals surface area contributed by atoms with E-state index in [0.29, 0.717) is 24.4 Å². The van der Waals surface area contributed by atoms with Crippen molar-refractivity contribution in [1.29, 1.82) is 0 Å². The lowest BCUT2D eigenvalue weighted by molar-refractivity contribution is -0.384. The van der Waals surface area contributed by atoms with Crippen molar-refractivity contribution in [2.45, 2.75) is 19.5 Å². The monoisotopic (exact) mass is 464 g/mol. The molecule has 0 saturated heterocycles. The number of nitro benzene ring substituents is 1. The van der Waals surface area contributed by atoms with Crippen LogP contribution in [0, 0.1) is 21.7 Å². The van der Waals surface area contributed by atoms with Crippen LogP contribution in [0.15, 0.2) is 48.5 Å². The van der Waals surface area contributed by atoms with Gasteiger partial charge in [-0.1, -0.05) is 35.3 Å². The van der Waals surface area contributed by atoms with Crippen LogP contribution >= 0.6 is 23.2 Å². The van der Waals surface area contributed by atoms with E-state index >= 15 is 0 Å². The highest BCUT2D eigenvalue weighted by Gasteiger charge is 2.20. The van der Waals surface area contributed by atoms with E-state index < -0.39 is 16.6 Å². The molecule has 0 N–H and O–H groups in total. The number of rotatable bonds is 5. The molecule has 0 amide bonds. The third kappa shape index (κ3) is 4.79. The summed E-state index contributed by atoms with van der Waals surface area (Å²) in [5.74, 6) is -1.02. The molecule has 0 fully saturated rings. The van der Waals surface area contributed by atoms with Crippen LogP contribution in [0.2, 0.25) is 10.0 Å². The molecule has 4 rings (SSSR count). The molecule has 3 aromatic carbocycles. The van der Waals surface area contributed by atoms with Crippen molar-refractivity contribution < 1.29 is 18.4 Å². The molecule has 0 saturated carbocycles. The summed E-state index contributed by atoms with van der Waals surface area (Å²) in [6.45, 7) is 1.92. The van der Waals surface area contributed by atoms with Crippen LogP contribution in [0.1, 0.15) is 16.7 Å². The summed E-state index contributed by atoms with van der Waals surface area (Å²) in [4.78, 5) is 12.5. The summed E-state index contributed by atoms with van der Waals surface area (Å²) in [6.07, 6.45) is 0.748. The summed E-state index contributed by atoms with van der Waals surface area (Å²) in [6, 6.07) is 11.9. The van der Waals surface area contributed by atoms with Crippen molar-refractivity contribution in [1.82, 2.24) is 4.90 Å². The van der Waals surface area contributed by atoms with Crippen molar-refractivity contribution in [3.8, 4) is 11.5 Å². The summed E-state index contributed by atoms with van der Waals surface area (Å²) in [5.41, 5.74) is 2.69. The van der Waals surface area contributed by atoms with Gasteiger partial charge < -0.3 is 4.74 Å². The number of nitro groups is 1. The Hall–Kier alpha value is -2.74. The number of nitrogens with zero attached hydrogens (tertiary/aromatic N) is 2. The van der Waals surface area contributed by atoms with Gasteiger partial charge in [0.2, 0.25) is 0 Å². The van der Waals surface area contributed by atoms with E-state index in [1.54, 1.807) is 12.1 Å². The minimum Gasteiger partial charge on any atom is -0.454 e. The summed E-state index contributed by atoms with van der Waals surface area (Å²) in [5, 5.41) is 11.0. The van der Waals surface area contributed by atoms with Gasteiger partial charge in [-0.05, 0) is 47.4 Å². The lowest BCUT2D eigenvalue weighted by atomic mass is 9.99. The average Bonchev–Trinajstić information content (AvgIpc) is 2.73. The number of fused-ring (bicyclic) bond motifs is 1. The predicted octanol–water partition coefficient (Wildman–Crippen LogP) is 6.53. The van der Waals surface area contributed by atoms with Gasteiger partial charge in [0.15, 0.2) is 17.4 Å². The van der Waals surface area contributed by atoms with Crippen LogP contribution in [0.5, 0.6) is 11.5 Å². The van der Waals surface area contributed by atoms with Gasteiger partial charge in [-0.25, -0.2) is 8.78 Å². The maximum atomic E-state index is 13.5. The Bertz CT molecular complexity index is 1150. The number of ether oxygens (including phenoxy) is 1. The first kappa shape index (κ1) is 21.5. The van der Waals surface area contributed by atoms with E-state index in [-0.39, 0.29) is 21.5 Å². The van der Waals surface area contributed by atoms with Crippen molar-refractivity contribution >= 4 is 28.9 Å². The van der Waals surface area contributed by atoms with Crippen LogP contribution in [0.25, 0.3) is 0 Å². The SMILES string of the molecule is O=[N+]([O-])c1cc(Cl)c(Oc2ccc3c(c2)CCN(Cc2ccc(F)c(F)c2)C3)c(Cl)c1. The fourth-order valence-corrected chi connectivity index (χ4v) is 4.10. The Morgan fingerprint density at radius 2 is 1.74 bits per heavy atom. The van der Waals surface area contributed by atoms with Gasteiger partial charge >= 0.3 is 0 Å². The topological polar surface area (TPSA) is 55.6 Å². The molecule has 0 bridgehead atoms. The zero-order valence-electron chi connectivity index (χ0n) is 16.1. The number of hydrogen-bond donors (Lipinski definition) is 0. The third-order valence-corrected chi connectivity index (χ3v) is 5.63. The van der Waals surface area contributed by atoms with Gasteiger partial charge in [-0.2, -0.15) is 0 Å². The van der Waals surface area contributed by atoms with E-state index in [4.69, 9.17) is 27.9 Å². The lowest BCUT2D eigenvalue weighted by Crippen LogP contribution is -2.30. The Balaban J connectivity index is 1.48. The fourth-order valence-electron chi connectivity index (χ4n) is 3.55. The first-order valence-electron chi connectivity index (χ1n) is 9.39. The summed E-state index contributed by atoms with van der Waals surface area (Å²) < 4.78 is 32.4. The van der Waals surface area contributed by atoms with Crippen LogP contribution in [-0.2, 0) is 19.5 Å². The Labute approximate surface area is 186 Å². The van der Waals surface area contributed by atoms with E-state index in [1.165, 1.54) is 18.2 Å². The van der Waals surface area contributed by atoms with E-state index in [1.807, 2.05) is 12.1 Å². The largest absolute Gasteiger partial charge is 0.454 e. The molecule has 160 valence electrons. The lowest BCUT2D eigenvalue weighted by Gasteiger charge is -2.29. The average molecular weight is 465 g/mol. The van der Waals surface area contributed by atoms with E-state index in [0.717, 1.165) is 30.2 Å². The number of benzene rings is 3. The second kappa shape index (κ2) is 8.78. The van der Waals surface area contributed by atoms with Gasteiger partial charge in [-0.15, -0.1) is 0 Å². The maximum Gasteiger partial charge on any atom is 0.272 e. The van der Waals surface area contributed by atoms with Crippen LogP contribution in [-0.4, -0.2) is 16.4 Å². The zero-order chi connectivity index (χ0) is 22.1. The first-order chi connectivity index (χ1) is 14.8. The molecular formula is C22H16Cl2F2N2O3. The molecule has 5 nitrogen and oxygen atoms in total. The number of halogens is 4. The second-order valence-corrected chi connectivity index (χ2v) is 8.05. The molecule has 1 aliphatic rings. The molecule has 0 unspecified atom stereocenters. The molecule has 1 heterocycles. The summed E-state index contributed by atoms with van der Waals surface area (Å²) >= 11 is 12.2. The van der Waals surface area contributed by atoms with Gasteiger partial charge in [0.25, 0.3) is 5.69 Å². The molecule has 9 heteroatoms. The van der Waals surface area contributed by atoms with Crippen molar-refractivity contribution in [2.75, 3.05) is 6.54 Å². The standard InChI is InChI=1S/C22H16Cl2F2N2O3/c23-18-9-16(28(29)30)10-19(24)22(18)31-17-3-2-15-12-27(6-5-14(15)8-17)11-13-1-4-20(25)21(26)7-13/h1-4,7-10H,5-6,11-12H2. The quantitative estimate of drug-likeness (QED) is 0.318. The number of non-ortho nitro benzene ring substituents is 1. The molecule has 1 aliphatic heterocycles. The minimum absolute atomic E-state index is 0.0506. The zero-order valence-corrected chi connectivity index (χ0v) is 17.6. The van der Waals surface area contributed by atoms with Gasteiger partial charge in [-0.3, -0.25) is 15.0 Å². The normalized spacial score (nSPS) is 13.7. The van der Waals surface area contributed by atoms with Crippen LogP contribution in [0.3, 0.4) is 0 Å². The smallest absolute Gasteiger partial charge is 0.272 e. The van der Waals surface area contributed by atoms with Crippen molar-refractivity contribution in [3.05, 3.63) is 97.0 Å². The molecule has 0 radical (unpaired) electrons. The molecular weight excluding hydrogens is 449 g/mol. The first-order valence-corrected chi connectivity index (χ1v) is 10.1. The highest BCUT2D eigenvalue weighted by atomic mass is 35.5. The predicted molar refractivity (Wildman–Crippen MR) is 114 cm³/mol. The molecule has 0 aromatic heterocycles. The van der Waals surface area contributed by atoms with E-state index in [2.05, 4.69) is 4.90 Å². The van der Waals surface area contributed by atoms with Gasteiger partial charge in [0.1, 0.15) is 5.75 Å². The van der Waals surface area contributed by atoms with E-state index in [9.17, 15) is 18.9 Å². The molecule has 0 atom stereocenters. The van der Waals surface area contributed by atoms with Crippen LogP contribution in [0.4, 0.5) is 14.5 Å². The Kier molecular flexibility index (Phi) is 6.09. The second-order valence-electron chi connectivity index (χ2n) is 7.24. The highest BCUT2D eigenvalue weighted by molar-refractivity contribution is 6.37. The summed E-state index contributed by atoms with van der Waals surface area (Å²) in [7, 11) is 0. The minimum atomic E-state index is -0.853. The number of hydrogen-bond acceptors (Lipinski definition) is 4. The molecule has 31 heavy (non-hydrogen) atoms.